The molecule has 2 rings (SSSR count). The molecule has 1 fully saturated rings. The first-order valence-corrected chi connectivity index (χ1v) is 7.73. The predicted molar refractivity (Wildman–Crippen MR) is 82.8 cm³/mol. The SMILES string of the molecule is CC1CCCN(C(=O)CC(=O)NCCc2ccccc2)C1. The van der Waals surface area contributed by atoms with Gasteiger partial charge in [-0.25, -0.2) is 0 Å². The van der Waals surface area contributed by atoms with Gasteiger partial charge >= 0.3 is 0 Å². The molecular weight excluding hydrogens is 264 g/mol. The van der Waals surface area contributed by atoms with E-state index in [4.69, 9.17) is 0 Å². The van der Waals surface area contributed by atoms with Gasteiger partial charge in [0.05, 0.1) is 0 Å². The molecule has 1 N–H and O–H groups in total. The quantitative estimate of drug-likeness (QED) is 0.842. The Morgan fingerprint density at radius 1 is 1.29 bits per heavy atom. The molecule has 1 atom stereocenters. The second-order valence-electron chi connectivity index (χ2n) is 5.85. The average Bonchev–Trinajstić information content (AvgIpc) is 2.48. The highest BCUT2D eigenvalue weighted by Gasteiger charge is 2.22. The predicted octanol–water partition coefficient (Wildman–Crippen LogP) is 1.99. The zero-order valence-corrected chi connectivity index (χ0v) is 12.7. The van der Waals surface area contributed by atoms with Gasteiger partial charge in [0, 0.05) is 19.6 Å². The van der Waals surface area contributed by atoms with Crippen molar-refractivity contribution >= 4 is 11.8 Å². The minimum Gasteiger partial charge on any atom is -0.355 e. The molecule has 21 heavy (non-hydrogen) atoms. The molecule has 4 nitrogen and oxygen atoms in total. The number of amides is 2. The van der Waals surface area contributed by atoms with Crippen LogP contribution in [0.1, 0.15) is 31.7 Å². The lowest BCUT2D eigenvalue weighted by molar-refractivity contribution is -0.137. The number of carbonyl (C=O) groups excluding carboxylic acids is 2. The Labute approximate surface area is 126 Å². The van der Waals surface area contributed by atoms with E-state index in [1.54, 1.807) is 0 Å². The first-order chi connectivity index (χ1) is 10.1. The van der Waals surface area contributed by atoms with Gasteiger partial charge in [0.2, 0.25) is 11.8 Å². The maximum absolute atomic E-state index is 12.1. The third-order valence-electron chi connectivity index (χ3n) is 3.90. The molecule has 1 saturated heterocycles. The maximum Gasteiger partial charge on any atom is 0.232 e. The van der Waals surface area contributed by atoms with Crippen LogP contribution in [0.2, 0.25) is 0 Å². The van der Waals surface area contributed by atoms with Crippen molar-refractivity contribution < 1.29 is 9.59 Å². The van der Waals surface area contributed by atoms with Gasteiger partial charge in [-0.1, -0.05) is 37.3 Å². The lowest BCUT2D eigenvalue weighted by Gasteiger charge is -2.30. The van der Waals surface area contributed by atoms with Gasteiger partial charge in [0.15, 0.2) is 0 Å². The summed E-state index contributed by atoms with van der Waals surface area (Å²) in [7, 11) is 0. The molecule has 1 aliphatic rings. The molecule has 2 amide bonds. The molecule has 1 aliphatic heterocycles. The summed E-state index contributed by atoms with van der Waals surface area (Å²) in [4.78, 5) is 25.7. The van der Waals surface area contributed by atoms with E-state index in [2.05, 4.69) is 12.2 Å². The maximum atomic E-state index is 12.1. The van der Waals surface area contributed by atoms with E-state index < -0.39 is 0 Å². The molecule has 0 saturated carbocycles. The molecule has 0 aliphatic carbocycles. The minimum absolute atomic E-state index is 0.0263. The van der Waals surface area contributed by atoms with Crippen molar-refractivity contribution in [1.82, 2.24) is 10.2 Å². The Hall–Kier alpha value is -1.84. The monoisotopic (exact) mass is 288 g/mol. The lowest BCUT2D eigenvalue weighted by atomic mass is 10.00. The fourth-order valence-corrected chi connectivity index (χ4v) is 2.72. The first kappa shape index (κ1) is 15.5. The van der Waals surface area contributed by atoms with Gasteiger partial charge in [0.1, 0.15) is 6.42 Å². The third kappa shape index (κ3) is 5.21. The average molecular weight is 288 g/mol. The van der Waals surface area contributed by atoms with E-state index in [1.165, 1.54) is 12.0 Å². The van der Waals surface area contributed by atoms with Crippen LogP contribution in [-0.4, -0.2) is 36.3 Å². The van der Waals surface area contributed by atoms with E-state index in [-0.39, 0.29) is 18.2 Å². The normalized spacial score (nSPS) is 18.3. The Morgan fingerprint density at radius 3 is 2.76 bits per heavy atom. The molecule has 114 valence electrons. The highest BCUT2D eigenvalue weighted by atomic mass is 16.2. The van der Waals surface area contributed by atoms with Gasteiger partial charge in [-0.15, -0.1) is 0 Å². The molecule has 1 aromatic carbocycles. The molecular formula is C17H24N2O2. The second-order valence-corrected chi connectivity index (χ2v) is 5.85. The Morgan fingerprint density at radius 2 is 2.05 bits per heavy atom. The molecule has 0 aromatic heterocycles. The van der Waals surface area contributed by atoms with Gasteiger partial charge in [-0.05, 0) is 30.7 Å². The van der Waals surface area contributed by atoms with Gasteiger partial charge in [0.25, 0.3) is 0 Å². The first-order valence-electron chi connectivity index (χ1n) is 7.73. The summed E-state index contributed by atoms with van der Waals surface area (Å²) in [5.74, 6) is 0.330. The number of carbonyl (C=O) groups is 2. The van der Waals surface area contributed by atoms with Crippen LogP contribution in [0.15, 0.2) is 30.3 Å². The summed E-state index contributed by atoms with van der Waals surface area (Å²) in [5.41, 5.74) is 1.19. The molecule has 4 heteroatoms. The number of hydrogen-bond acceptors (Lipinski definition) is 2. The molecule has 0 radical (unpaired) electrons. The van der Waals surface area contributed by atoms with Crippen LogP contribution in [0.25, 0.3) is 0 Å². The number of piperidine rings is 1. The van der Waals surface area contributed by atoms with Crippen LogP contribution in [0, 0.1) is 5.92 Å². The van der Waals surface area contributed by atoms with E-state index in [9.17, 15) is 9.59 Å². The summed E-state index contributed by atoms with van der Waals surface area (Å²) >= 11 is 0. The van der Waals surface area contributed by atoms with Crippen LogP contribution in [0.5, 0.6) is 0 Å². The largest absolute Gasteiger partial charge is 0.355 e. The van der Waals surface area contributed by atoms with Crippen molar-refractivity contribution in [2.24, 2.45) is 5.92 Å². The number of benzene rings is 1. The molecule has 1 heterocycles. The number of rotatable bonds is 5. The standard InChI is InChI=1S/C17H24N2O2/c1-14-6-5-11-19(13-14)17(21)12-16(20)18-10-9-15-7-3-2-4-8-15/h2-4,7-8,14H,5-6,9-13H2,1H3,(H,18,20). The number of nitrogens with zero attached hydrogens (tertiary/aromatic N) is 1. The topological polar surface area (TPSA) is 49.4 Å². The number of nitrogens with one attached hydrogen (secondary N) is 1. The Kier molecular flexibility index (Phi) is 5.78. The van der Waals surface area contributed by atoms with E-state index in [0.717, 1.165) is 25.9 Å². The van der Waals surface area contributed by atoms with Crippen LogP contribution in [0.4, 0.5) is 0 Å². The molecule has 0 spiro atoms. The molecule has 1 aromatic rings. The van der Waals surface area contributed by atoms with E-state index >= 15 is 0 Å². The fourth-order valence-electron chi connectivity index (χ4n) is 2.72. The lowest BCUT2D eigenvalue weighted by Crippen LogP contribution is -2.41. The van der Waals surface area contributed by atoms with Gasteiger partial charge in [-0.3, -0.25) is 9.59 Å². The van der Waals surface area contributed by atoms with Crippen molar-refractivity contribution in [2.75, 3.05) is 19.6 Å². The summed E-state index contributed by atoms with van der Waals surface area (Å²) in [6, 6.07) is 10.0. The fraction of sp³-hybridized carbons (Fsp3) is 0.529. The third-order valence-corrected chi connectivity index (χ3v) is 3.90. The summed E-state index contributed by atoms with van der Waals surface area (Å²) < 4.78 is 0. The highest BCUT2D eigenvalue weighted by molar-refractivity contribution is 5.96. The summed E-state index contributed by atoms with van der Waals surface area (Å²) in [6.45, 7) is 4.31. The van der Waals surface area contributed by atoms with Crippen molar-refractivity contribution in [2.45, 2.75) is 32.6 Å². The van der Waals surface area contributed by atoms with Gasteiger partial charge < -0.3 is 10.2 Å². The number of hydrogen-bond donors (Lipinski definition) is 1. The Balaban J connectivity index is 1.68. The van der Waals surface area contributed by atoms with Crippen molar-refractivity contribution in [3.05, 3.63) is 35.9 Å². The van der Waals surface area contributed by atoms with Crippen LogP contribution < -0.4 is 5.32 Å². The zero-order valence-electron chi connectivity index (χ0n) is 12.7. The molecule has 1 unspecified atom stereocenters. The minimum atomic E-state index is -0.172. The van der Waals surface area contributed by atoms with Crippen LogP contribution in [-0.2, 0) is 16.0 Å². The number of likely N-dealkylation sites (tertiary alicyclic amines) is 1. The van der Waals surface area contributed by atoms with E-state index in [0.29, 0.717) is 12.5 Å². The van der Waals surface area contributed by atoms with Crippen LogP contribution >= 0.6 is 0 Å². The zero-order chi connectivity index (χ0) is 15.1. The highest BCUT2D eigenvalue weighted by Crippen LogP contribution is 2.15. The smallest absolute Gasteiger partial charge is 0.232 e. The van der Waals surface area contributed by atoms with Crippen molar-refractivity contribution in [3.8, 4) is 0 Å². The summed E-state index contributed by atoms with van der Waals surface area (Å²) in [5, 5.41) is 2.83. The van der Waals surface area contributed by atoms with Crippen molar-refractivity contribution in [3.63, 3.8) is 0 Å². The van der Waals surface area contributed by atoms with E-state index in [1.807, 2.05) is 35.2 Å². The second kappa shape index (κ2) is 7.81. The molecule has 0 bridgehead atoms. The Bertz CT molecular complexity index is 473. The van der Waals surface area contributed by atoms with Gasteiger partial charge in [-0.2, -0.15) is 0 Å². The van der Waals surface area contributed by atoms with Crippen molar-refractivity contribution in [1.29, 1.82) is 0 Å². The van der Waals surface area contributed by atoms with Crippen LogP contribution in [0.3, 0.4) is 0 Å². The summed E-state index contributed by atoms with van der Waals surface area (Å²) in [6.07, 6.45) is 2.98.